The first-order valence-corrected chi connectivity index (χ1v) is 4.94. The van der Waals surface area contributed by atoms with Gasteiger partial charge in [0.1, 0.15) is 0 Å². The zero-order chi connectivity index (χ0) is 11.1. The predicted molar refractivity (Wildman–Crippen MR) is 57.2 cm³/mol. The third-order valence-electron chi connectivity index (χ3n) is 2.18. The number of hydrogen-bond donors (Lipinski definition) is 0. The van der Waals surface area contributed by atoms with Gasteiger partial charge in [0.25, 0.3) is 0 Å². The summed E-state index contributed by atoms with van der Waals surface area (Å²) in [4.78, 5) is 17.1. The summed E-state index contributed by atoms with van der Waals surface area (Å²) in [6.07, 6.45) is 3.50. The molecule has 1 aromatic heterocycles. The first-order chi connectivity index (χ1) is 7.26. The molecule has 82 valence electrons. The molecule has 0 spiro atoms. The van der Waals surface area contributed by atoms with Crippen molar-refractivity contribution >= 4 is 5.97 Å². The number of ether oxygens (including phenoxy) is 1. The maximum atomic E-state index is 11.1. The molecule has 0 saturated heterocycles. The first-order valence-electron chi connectivity index (χ1n) is 4.94. The smallest absolute Gasteiger partial charge is 0.319 e. The van der Waals surface area contributed by atoms with E-state index in [1.807, 2.05) is 24.0 Å². The molecule has 0 bridgehead atoms. The number of carbonyl (C=O) groups is 1. The number of nitrogens with zero attached hydrogens (tertiary/aromatic N) is 2. The summed E-state index contributed by atoms with van der Waals surface area (Å²) >= 11 is 0. The minimum atomic E-state index is -0.203. The van der Waals surface area contributed by atoms with Crippen molar-refractivity contribution in [3.8, 4) is 0 Å². The van der Waals surface area contributed by atoms with Crippen LogP contribution in [0.15, 0.2) is 24.5 Å². The van der Waals surface area contributed by atoms with Crippen molar-refractivity contribution in [2.75, 3.05) is 20.2 Å². The molecule has 0 aliphatic carbocycles. The van der Waals surface area contributed by atoms with Crippen molar-refractivity contribution in [3.63, 3.8) is 0 Å². The van der Waals surface area contributed by atoms with E-state index < -0.39 is 0 Å². The third-order valence-corrected chi connectivity index (χ3v) is 2.18. The standard InChI is InChI=1S/C11H16N2O2/c1-3-13(9-11(14)15-2)8-10-4-6-12-7-5-10/h4-7H,3,8-9H2,1-2H3. The molecule has 0 aliphatic rings. The quantitative estimate of drug-likeness (QED) is 0.679. The average Bonchev–Trinajstić information content (AvgIpc) is 2.29. The van der Waals surface area contributed by atoms with Crippen molar-refractivity contribution in [1.29, 1.82) is 0 Å². The second kappa shape index (κ2) is 6.14. The average molecular weight is 208 g/mol. The van der Waals surface area contributed by atoms with Crippen LogP contribution in [-0.2, 0) is 16.1 Å². The van der Waals surface area contributed by atoms with Crippen LogP contribution in [0.25, 0.3) is 0 Å². The molecule has 4 nitrogen and oxygen atoms in total. The number of pyridine rings is 1. The summed E-state index contributed by atoms with van der Waals surface area (Å²) in [5.74, 6) is -0.203. The van der Waals surface area contributed by atoms with Crippen LogP contribution in [0.1, 0.15) is 12.5 Å². The lowest BCUT2D eigenvalue weighted by Crippen LogP contribution is -2.29. The maximum Gasteiger partial charge on any atom is 0.319 e. The van der Waals surface area contributed by atoms with E-state index in [1.165, 1.54) is 7.11 Å². The van der Waals surface area contributed by atoms with Crippen LogP contribution in [-0.4, -0.2) is 36.1 Å². The monoisotopic (exact) mass is 208 g/mol. The molecule has 0 N–H and O–H groups in total. The zero-order valence-corrected chi connectivity index (χ0v) is 9.14. The molecule has 0 saturated carbocycles. The van der Waals surface area contributed by atoms with Gasteiger partial charge in [-0.25, -0.2) is 0 Å². The van der Waals surface area contributed by atoms with E-state index in [2.05, 4.69) is 9.72 Å². The van der Waals surface area contributed by atoms with E-state index in [1.54, 1.807) is 12.4 Å². The summed E-state index contributed by atoms with van der Waals surface area (Å²) in [6.45, 7) is 3.91. The third kappa shape index (κ3) is 4.08. The Morgan fingerprint density at radius 1 is 1.47 bits per heavy atom. The molecule has 0 fully saturated rings. The van der Waals surface area contributed by atoms with Gasteiger partial charge in [0, 0.05) is 18.9 Å². The molecule has 1 aromatic rings. The van der Waals surface area contributed by atoms with Crippen LogP contribution in [0.3, 0.4) is 0 Å². The van der Waals surface area contributed by atoms with Crippen molar-refractivity contribution in [1.82, 2.24) is 9.88 Å². The molecule has 4 heteroatoms. The normalized spacial score (nSPS) is 10.3. The molecule has 0 aliphatic heterocycles. The Morgan fingerprint density at radius 3 is 2.67 bits per heavy atom. The second-order valence-electron chi connectivity index (χ2n) is 3.23. The van der Waals surface area contributed by atoms with Crippen molar-refractivity contribution < 1.29 is 9.53 Å². The van der Waals surface area contributed by atoms with E-state index in [4.69, 9.17) is 0 Å². The molecule has 0 radical (unpaired) electrons. The lowest BCUT2D eigenvalue weighted by Gasteiger charge is -2.18. The fraction of sp³-hybridized carbons (Fsp3) is 0.455. The number of methoxy groups -OCH3 is 1. The summed E-state index contributed by atoms with van der Waals surface area (Å²) < 4.78 is 4.63. The van der Waals surface area contributed by atoms with Gasteiger partial charge in [0.15, 0.2) is 0 Å². The van der Waals surface area contributed by atoms with Crippen molar-refractivity contribution in [3.05, 3.63) is 30.1 Å². The Morgan fingerprint density at radius 2 is 2.13 bits per heavy atom. The number of carbonyl (C=O) groups excluding carboxylic acids is 1. The molecule has 0 atom stereocenters. The lowest BCUT2D eigenvalue weighted by molar-refractivity contribution is -0.142. The molecule has 0 unspecified atom stereocenters. The number of aromatic nitrogens is 1. The van der Waals surface area contributed by atoms with Gasteiger partial charge >= 0.3 is 5.97 Å². The lowest BCUT2D eigenvalue weighted by atomic mass is 10.2. The second-order valence-corrected chi connectivity index (χ2v) is 3.23. The number of rotatable bonds is 5. The topological polar surface area (TPSA) is 42.4 Å². The van der Waals surface area contributed by atoms with E-state index >= 15 is 0 Å². The number of likely N-dealkylation sites (N-methyl/N-ethyl adjacent to an activating group) is 1. The summed E-state index contributed by atoms with van der Waals surface area (Å²) in [7, 11) is 1.41. The number of hydrogen-bond acceptors (Lipinski definition) is 4. The summed E-state index contributed by atoms with van der Waals surface area (Å²) in [6, 6.07) is 3.89. The van der Waals surface area contributed by atoms with E-state index in [0.717, 1.165) is 18.7 Å². The van der Waals surface area contributed by atoms with Gasteiger partial charge in [-0.3, -0.25) is 14.7 Å². The van der Waals surface area contributed by atoms with Crippen molar-refractivity contribution in [2.24, 2.45) is 0 Å². The molecule has 1 heterocycles. The van der Waals surface area contributed by atoms with Gasteiger partial charge in [-0.05, 0) is 24.2 Å². The number of esters is 1. The van der Waals surface area contributed by atoms with Gasteiger partial charge in [-0.15, -0.1) is 0 Å². The Bertz CT molecular complexity index is 301. The fourth-order valence-corrected chi connectivity index (χ4v) is 1.27. The van der Waals surface area contributed by atoms with Gasteiger partial charge in [-0.1, -0.05) is 6.92 Å². The minimum Gasteiger partial charge on any atom is -0.468 e. The van der Waals surface area contributed by atoms with Crippen LogP contribution in [0.4, 0.5) is 0 Å². The summed E-state index contributed by atoms with van der Waals surface area (Å²) in [5.41, 5.74) is 1.15. The van der Waals surface area contributed by atoms with Gasteiger partial charge in [-0.2, -0.15) is 0 Å². The Labute approximate surface area is 89.9 Å². The van der Waals surface area contributed by atoms with Crippen LogP contribution in [0.5, 0.6) is 0 Å². The molecule has 0 aromatic carbocycles. The van der Waals surface area contributed by atoms with Crippen LogP contribution < -0.4 is 0 Å². The molecule has 0 amide bonds. The minimum absolute atomic E-state index is 0.203. The summed E-state index contributed by atoms with van der Waals surface area (Å²) in [5, 5.41) is 0. The highest BCUT2D eigenvalue weighted by atomic mass is 16.5. The van der Waals surface area contributed by atoms with Crippen LogP contribution in [0, 0.1) is 0 Å². The highest BCUT2D eigenvalue weighted by Gasteiger charge is 2.08. The zero-order valence-electron chi connectivity index (χ0n) is 9.14. The highest BCUT2D eigenvalue weighted by molar-refractivity contribution is 5.71. The molecule has 15 heavy (non-hydrogen) atoms. The SMILES string of the molecule is CCN(CC(=O)OC)Cc1ccncc1. The largest absolute Gasteiger partial charge is 0.468 e. The van der Waals surface area contributed by atoms with Crippen LogP contribution >= 0.6 is 0 Å². The maximum absolute atomic E-state index is 11.1. The fourth-order valence-electron chi connectivity index (χ4n) is 1.27. The predicted octanol–water partition coefficient (Wildman–Crippen LogP) is 1.08. The van der Waals surface area contributed by atoms with E-state index in [-0.39, 0.29) is 5.97 Å². The Hall–Kier alpha value is -1.42. The van der Waals surface area contributed by atoms with Gasteiger partial charge in [0.05, 0.1) is 13.7 Å². The molecular weight excluding hydrogens is 192 g/mol. The van der Waals surface area contributed by atoms with E-state index in [9.17, 15) is 4.79 Å². The Balaban J connectivity index is 2.50. The molecule has 1 rings (SSSR count). The first kappa shape index (κ1) is 11.7. The Kier molecular flexibility index (Phi) is 4.77. The van der Waals surface area contributed by atoms with Crippen molar-refractivity contribution in [2.45, 2.75) is 13.5 Å². The van der Waals surface area contributed by atoms with E-state index in [0.29, 0.717) is 6.54 Å². The highest BCUT2D eigenvalue weighted by Crippen LogP contribution is 2.02. The molecular formula is C11H16N2O2. The van der Waals surface area contributed by atoms with Gasteiger partial charge in [0.2, 0.25) is 0 Å². The van der Waals surface area contributed by atoms with Crippen LogP contribution in [0.2, 0.25) is 0 Å². The van der Waals surface area contributed by atoms with Gasteiger partial charge < -0.3 is 4.74 Å².